The molecule has 1 aliphatic carbocycles. The third-order valence-corrected chi connectivity index (χ3v) is 3.82. The van der Waals surface area contributed by atoms with E-state index in [0.29, 0.717) is 0 Å². The molecular weight excluding hydrogens is 234 g/mol. The van der Waals surface area contributed by atoms with Crippen LogP contribution in [0.1, 0.15) is 42.2 Å². The Bertz CT molecular complexity index is 565. The molecule has 3 rings (SSSR count). The average Bonchev–Trinajstić information content (AvgIpc) is 2.81. The van der Waals surface area contributed by atoms with Crippen LogP contribution < -0.4 is 10.5 Å². The van der Waals surface area contributed by atoms with Gasteiger partial charge < -0.3 is 10.5 Å². The maximum Gasteiger partial charge on any atom is 0.121 e. The molecule has 0 radical (unpaired) electrons. The minimum Gasteiger partial charge on any atom is -0.486 e. The van der Waals surface area contributed by atoms with Crippen molar-refractivity contribution in [3.05, 3.63) is 65.2 Å². The maximum absolute atomic E-state index is 6.05. The molecule has 2 heteroatoms. The summed E-state index contributed by atoms with van der Waals surface area (Å²) in [5.41, 5.74) is 9.86. The maximum atomic E-state index is 6.05. The number of rotatable bonds is 3. The summed E-state index contributed by atoms with van der Waals surface area (Å²) in [6, 6.07) is 16.8. The summed E-state index contributed by atoms with van der Waals surface area (Å²) in [4.78, 5) is 0. The quantitative estimate of drug-likeness (QED) is 0.903. The molecule has 2 aromatic carbocycles. The molecule has 0 aromatic heterocycles. The molecule has 1 unspecified atom stereocenters. The Morgan fingerprint density at radius 2 is 1.95 bits per heavy atom. The van der Waals surface area contributed by atoms with Crippen molar-refractivity contribution in [2.24, 2.45) is 5.73 Å². The highest BCUT2D eigenvalue weighted by molar-refractivity contribution is 5.40. The number of nitrogens with two attached hydrogens (primary N) is 1. The fourth-order valence-electron chi connectivity index (χ4n) is 2.70. The van der Waals surface area contributed by atoms with Crippen LogP contribution in [0.15, 0.2) is 48.5 Å². The van der Waals surface area contributed by atoms with E-state index in [4.69, 9.17) is 10.5 Å². The first-order valence-electron chi connectivity index (χ1n) is 6.84. The second-order valence-corrected chi connectivity index (χ2v) is 5.18. The van der Waals surface area contributed by atoms with E-state index in [1.165, 1.54) is 16.7 Å². The topological polar surface area (TPSA) is 35.2 Å². The van der Waals surface area contributed by atoms with Crippen LogP contribution >= 0.6 is 0 Å². The van der Waals surface area contributed by atoms with Gasteiger partial charge in [0.2, 0.25) is 0 Å². The van der Waals surface area contributed by atoms with Crippen molar-refractivity contribution in [1.82, 2.24) is 0 Å². The molecule has 0 saturated carbocycles. The van der Waals surface area contributed by atoms with Crippen LogP contribution in [0.2, 0.25) is 0 Å². The second-order valence-electron chi connectivity index (χ2n) is 5.18. The number of aryl methyl sites for hydroxylation is 1. The highest BCUT2D eigenvalue weighted by Crippen LogP contribution is 2.33. The predicted molar refractivity (Wildman–Crippen MR) is 77.2 cm³/mol. The zero-order valence-corrected chi connectivity index (χ0v) is 11.2. The van der Waals surface area contributed by atoms with Gasteiger partial charge in [0.25, 0.3) is 0 Å². The fourth-order valence-corrected chi connectivity index (χ4v) is 2.70. The van der Waals surface area contributed by atoms with Crippen LogP contribution in [0.3, 0.4) is 0 Å². The van der Waals surface area contributed by atoms with Crippen molar-refractivity contribution in [3.8, 4) is 5.75 Å². The number of ether oxygens (including phenoxy) is 1. The first kappa shape index (κ1) is 12.2. The van der Waals surface area contributed by atoms with E-state index in [9.17, 15) is 0 Å². The molecule has 0 aliphatic heterocycles. The molecule has 19 heavy (non-hydrogen) atoms. The SMILES string of the molecule is CC(Oc1ccc2c(c1)CC[C@H]2N)c1ccccc1. The third kappa shape index (κ3) is 2.49. The zero-order valence-electron chi connectivity index (χ0n) is 11.2. The lowest BCUT2D eigenvalue weighted by Crippen LogP contribution is -2.06. The lowest BCUT2D eigenvalue weighted by molar-refractivity contribution is 0.227. The van der Waals surface area contributed by atoms with Gasteiger partial charge in [-0.1, -0.05) is 36.4 Å². The van der Waals surface area contributed by atoms with Crippen molar-refractivity contribution in [3.63, 3.8) is 0 Å². The van der Waals surface area contributed by atoms with Crippen molar-refractivity contribution in [2.75, 3.05) is 0 Å². The third-order valence-electron chi connectivity index (χ3n) is 3.82. The van der Waals surface area contributed by atoms with Crippen molar-refractivity contribution < 1.29 is 4.74 Å². The van der Waals surface area contributed by atoms with Crippen LogP contribution in [0.5, 0.6) is 5.75 Å². The molecule has 2 N–H and O–H groups in total. The van der Waals surface area contributed by atoms with E-state index in [0.717, 1.165) is 18.6 Å². The largest absolute Gasteiger partial charge is 0.486 e. The summed E-state index contributed by atoms with van der Waals surface area (Å²) in [5, 5.41) is 0. The Labute approximate surface area is 114 Å². The summed E-state index contributed by atoms with van der Waals surface area (Å²) in [6.45, 7) is 2.08. The number of hydrogen-bond donors (Lipinski definition) is 1. The van der Waals surface area contributed by atoms with Gasteiger partial charge in [0, 0.05) is 6.04 Å². The molecule has 2 atom stereocenters. The van der Waals surface area contributed by atoms with Gasteiger partial charge in [0.15, 0.2) is 0 Å². The van der Waals surface area contributed by atoms with Gasteiger partial charge in [0.1, 0.15) is 11.9 Å². The minimum atomic E-state index is 0.0642. The van der Waals surface area contributed by atoms with Gasteiger partial charge >= 0.3 is 0 Å². The molecule has 0 amide bonds. The summed E-state index contributed by atoms with van der Waals surface area (Å²) in [5.74, 6) is 0.934. The average molecular weight is 253 g/mol. The summed E-state index contributed by atoms with van der Waals surface area (Å²) in [6.07, 6.45) is 2.18. The van der Waals surface area contributed by atoms with E-state index in [1.54, 1.807) is 0 Å². The summed E-state index contributed by atoms with van der Waals surface area (Å²) >= 11 is 0. The smallest absolute Gasteiger partial charge is 0.121 e. The molecule has 98 valence electrons. The lowest BCUT2D eigenvalue weighted by atomic mass is 10.1. The zero-order chi connectivity index (χ0) is 13.2. The predicted octanol–water partition coefficient (Wildman–Crippen LogP) is 3.77. The summed E-state index contributed by atoms with van der Waals surface area (Å²) < 4.78 is 6.02. The van der Waals surface area contributed by atoms with Crippen LogP contribution in [0.25, 0.3) is 0 Å². The van der Waals surface area contributed by atoms with Crippen molar-refractivity contribution >= 4 is 0 Å². The van der Waals surface area contributed by atoms with Gasteiger partial charge in [0.05, 0.1) is 0 Å². The molecule has 2 nitrogen and oxygen atoms in total. The first-order valence-corrected chi connectivity index (χ1v) is 6.84. The van der Waals surface area contributed by atoms with E-state index >= 15 is 0 Å². The van der Waals surface area contributed by atoms with Crippen molar-refractivity contribution in [2.45, 2.75) is 31.9 Å². The minimum absolute atomic E-state index is 0.0642. The molecule has 0 saturated heterocycles. The molecule has 0 heterocycles. The monoisotopic (exact) mass is 253 g/mol. The van der Waals surface area contributed by atoms with Gasteiger partial charge in [-0.25, -0.2) is 0 Å². The van der Waals surface area contributed by atoms with E-state index in [1.807, 2.05) is 24.3 Å². The molecule has 0 fully saturated rings. The highest BCUT2D eigenvalue weighted by atomic mass is 16.5. The van der Waals surface area contributed by atoms with Crippen molar-refractivity contribution in [1.29, 1.82) is 0 Å². The Morgan fingerprint density at radius 3 is 2.74 bits per heavy atom. The van der Waals surface area contributed by atoms with Crippen LogP contribution in [0.4, 0.5) is 0 Å². The van der Waals surface area contributed by atoms with Crippen LogP contribution in [-0.2, 0) is 6.42 Å². The van der Waals surface area contributed by atoms with E-state index in [-0.39, 0.29) is 12.1 Å². The van der Waals surface area contributed by atoms with Gasteiger partial charge in [-0.3, -0.25) is 0 Å². The second kappa shape index (κ2) is 5.06. The summed E-state index contributed by atoms with van der Waals surface area (Å²) in [7, 11) is 0. The molecule has 2 aromatic rings. The molecule has 0 spiro atoms. The number of hydrogen-bond acceptors (Lipinski definition) is 2. The first-order chi connectivity index (χ1) is 9.24. The van der Waals surface area contributed by atoms with Gasteiger partial charge in [-0.2, -0.15) is 0 Å². The Kier molecular flexibility index (Phi) is 3.26. The standard InChI is InChI=1S/C17H19NO/c1-12(13-5-3-2-4-6-13)19-15-8-9-16-14(11-15)7-10-17(16)18/h2-6,8-9,11-12,17H,7,10,18H2,1H3/t12?,17-/m1/s1. The van der Waals surface area contributed by atoms with E-state index in [2.05, 4.69) is 31.2 Å². The number of fused-ring (bicyclic) bond motifs is 1. The highest BCUT2D eigenvalue weighted by Gasteiger charge is 2.19. The van der Waals surface area contributed by atoms with Gasteiger partial charge in [-0.05, 0) is 48.6 Å². The van der Waals surface area contributed by atoms with Crippen LogP contribution in [-0.4, -0.2) is 0 Å². The van der Waals surface area contributed by atoms with E-state index < -0.39 is 0 Å². The normalized spacial score (nSPS) is 18.9. The Balaban J connectivity index is 1.77. The van der Waals surface area contributed by atoms with Crippen LogP contribution in [0, 0.1) is 0 Å². The molecular formula is C17H19NO. The fraction of sp³-hybridized carbons (Fsp3) is 0.294. The Morgan fingerprint density at radius 1 is 1.16 bits per heavy atom. The molecule has 1 aliphatic rings. The molecule has 0 bridgehead atoms. The Hall–Kier alpha value is -1.80. The number of benzene rings is 2. The van der Waals surface area contributed by atoms with Gasteiger partial charge in [-0.15, -0.1) is 0 Å². The lowest BCUT2D eigenvalue weighted by Gasteiger charge is -2.16.